The summed E-state index contributed by atoms with van der Waals surface area (Å²) in [5.74, 6) is 0.183. The fourth-order valence-corrected chi connectivity index (χ4v) is 2.62. The van der Waals surface area contributed by atoms with Gasteiger partial charge in [-0.2, -0.15) is 15.0 Å². The van der Waals surface area contributed by atoms with Gasteiger partial charge in [-0.25, -0.2) is 9.97 Å². The molecule has 2 heterocycles. The number of carbonyl (C=O) groups excluding carboxylic acids is 1. The van der Waals surface area contributed by atoms with Crippen LogP contribution in [0.5, 0.6) is 0 Å². The minimum absolute atomic E-state index is 0.253. The van der Waals surface area contributed by atoms with Gasteiger partial charge >= 0.3 is 0 Å². The Bertz CT molecular complexity index is 1040. The summed E-state index contributed by atoms with van der Waals surface area (Å²) in [5.41, 5.74) is 3.20. The molecule has 0 fully saturated rings. The molecule has 3 rings (SSSR count). The third-order valence-electron chi connectivity index (χ3n) is 3.80. The molecule has 0 unspecified atom stereocenters. The Hall–Kier alpha value is -3.79. The summed E-state index contributed by atoms with van der Waals surface area (Å²) in [6, 6.07) is 13.4. The summed E-state index contributed by atoms with van der Waals surface area (Å²) in [6.45, 7) is 5.40. The van der Waals surface area contributed by atoms with E-state index in [1.165, 1.54) is 10.8 Å². The molecule has 3 aromatic rings. The highest BCUT2D eigenvalue weighted by Gasteiger charge is 2.19. The predicted octanol–water partition coefficient (Wildman–Crippen LogP) is 3.11. The van der Waals surface area contributed by atoms with Crippen LogP contribution < -0.4 is 5.32 Å². The number of nitriles is 1. The van der Waals surface area contributed by atoms with Crippen molar-refractivity contribution in [3.8, 4) is 12.0 Å². The maximum atomic E-state index is 12.4. The molecule has 0 bridgehead atoms. The first kappa shape index (κ1) is 18.0. The average molecular weight is 358 g/mol. The molecule has 0 aliphatic rings. The van der Waals surface area contributed by atoms with Crippen LogP contribution in [0.2, 0.25) is 0 Å². The van der Waals surface area contributed by atoms with Crippen LogP contribution in [0.4, 0.5) is 5.82 Å². The molecule has 134 valence electrons. The second-order valence-electron chi connectivity index (χ2n) is 6.02. The molecule has 0 radical (unpaired) electrons. The number of hydrogen-bond acceptors (Lipinski definition) is 5. The van der Waals surface area contributed by atoms with E-state index in [1.54, 1.807) is 13.0 Å². The molecule has 0 saturated carbocycles. The first-order valence-electron chi connectivity index (χ1n) is 8.34. The summed E-state index contributed by atoms with van der Waals surface area (Å²) < 4.78 is 1.39. The normalized spacial score (nSPS) is 10.7. The fourth-order valence-electron chi connectivity index (χ4n) is 2.62. The Kier molecular flexibility index (Phi) is 5.08. The van der Waals surface area contributed by atoms with E-state index in [1.807, 2.05) is 50.2 Å². The van der Waals surface area contributed by atoms with Crippen molar-refractivity contribution in [2.75, 3.05) is 5.32 Å². The van der Waals surface area contributed by atoms with Crippen molar-refractivity contribution in [2.45, 2.75) is 20.8 Å². The Morgan fingerprint density at radius 1 is 1.15 bits per heavy atom. The molecule has 27 heavy (non-hydrogen) atoms. The smallest absolute Gasteiger partial charge is 0.252 e. The van der Waals surface area contributed by atoms with Crippen LogP contribution in [-0.2, 0) is 4.79 Å². The largest absolute Gasteiger partial charge is 0.306 e. The second kappa shape index (κ2) is 7.62. The van der Waals surface area contributed by atoms with E-state index in [-0.39, 0.29) is 17.3 Å². The molecule has 2 aromatic heterocycles. The molecule has 0 aliphatic carbocycles. The second-order valence-corrected chi connectivity index (χ2v) is 6.02. The zero-order valence-corrected chi connectivity index (χ0v) is 15.3. The van der Waals surface area contributed by atoms with Crippen LogP contribution in [-0.4, -0.2) is 25.7 Å². The van der Waals surface area contributed by atoms with E-state index < -0.39 is 0 Å². The first-order valence-corrected chi connectivity index (χ1v) is 8.34. The number of amides is 1. The van der Waals surface area contributed by atoms with Crippen molar-refractivity contribution in [3.63, 3.8) is 0 Å². The molecule has 0 spiro atoms. The number of hydrogen-bond donors (Lipinski definition) is 1. The summed E-state index contributed by atoms with van der Waals surface area (Å²) in [5, 5.41) is 16.5. The molecule has 1 aromatic carbocycles. The summed E-state index contributed by atoms with van der Waals surface area (Å²) in [7, 11) is 0. The zero-order valence-electron chi connectivity index (χ0n) is 15.3. The first-order chi connectivity index (χ1) is 13.0. The molecule has 0 atom stereocenters. The van der Waals surface area contributed by atoms with Crippen molar-refractivity contribution in [3.05, 3.63) is 70.7 Å². The topological polar surface area (TPSA) is 96.5 Å². The Labute approximate surface area is 157 Å². The van der Waals surface area contributed by atoms with Crippen molar-refractivity contribution in [1.82, 2.24) is 19.7 Å². The van der Waals surface area contributed by atoms with Gasteiger partial charge in [-0.05, 0) is 38.5 Å². The number of carbonyl (C=O) groups is 1. The highest BCUT2D eigenvalue weighted by molar-refractivity contribution is 6.02. The Morgan fingerprint density at radius 2 is 1.81 bits per heavy atom. The van der Waals surface area contributed by atoms with E-state index in [0.717, 1.165) is 17.0 Å². The molecule has 0 saturated heterocycles. The van der Waals surface area contributed by atoms with Crippen molar-refractivity contribution in [1.29, 1.82) is 5.26 Å². The van der Waals surface area contributed by atoms with Crippen LogP contribution in [0.3, 0.4) is 0 Å². The van der Waals surface area contributed by atoms with Gasteiger partial charge in [-0.15, -0.1) is 0 Å². The lowest BCUT2D eigenvalue weighted by Gasteiger charge is -2.08. The summed E-state index contributed by atoms with van der Waals surface area (Å²) in [6.07, 6.45) is 3.10. The average Bonchev–Trinajstić information content (AvgIpc) is 2.95. The van der Waals surface area contributed by atoms with Crippen LogP contribution >= 0.6 is 0 Å². The molecule has 1 N–H and O–H groups in total. The van der Waals surface area contributed by atoms with Gasteiger partial charge in [0.05, 0.1) is 5.69 Å². The number of nitrogens with zero attached hydrogens (tertiary/aromatic N) is 5. The van der Waals surface area contributed by atoms with Crippen molar-refractivity contribution < 1.29 is 4.79 Å². The van der Waals surface area contributed by atoms with Crippen molar-refractivity contribution in [2.24, 2.45) is 0 Å². The van der Waals surface area contributed by atoms with Crippen LogP contribution in [0.1, 0.15) is 28.2 Å². The summed E-state index contributed by atoms with van der Waals surface area (Å²) >= 11 is 0. The number of rotatable bonds is 4. The van der Waals surface area contributed by atoms with E-state index in [9.17, 15) is 10.1 Å². The fraction of sp³-hybridized carbons (Fsp3) is 0.150. The Balaban J connectivity index is 1.96. The van der Waals surface area contributed by atoms with E-state index in [4.69, 9.17) is 0 Å². The van der Waals surface area contributed by atoms with Crippen LogP contribution in [0.15, 0.2) is 42.5 Å². The van der Waals surface area contributed by atoms with Gasteiger partial charge in [-0.1, -0.05) is 30.3 Å². The highest BCUT2D eigenvalue weighted by atomic mass is 16.1. The lowest BCUT2D eigenvalue weighted by Crippen LogP contribution is -2.15. The van der Waals surface area contributed by atoms with Crippen molar-refractivity contribution >= 4 is 17.8 Å². The van der Waals surface area contributed by atoms with Gasteiger partial charge < -0.3 is 5.32 Å². The third-order valence-corrected chi connectivity index (χ3v) is 3.80. The SMILES string of the molecule is Cc1cc(C)nc(-n2nc(C)c(C#N)c2NC(=O)C=Cc2ccccc2)n1. The lowest BCUT2D eigenvalue weighted by atomic mass is 10.2. The molecule has 7 heteroatoms. The van der Waals surface area contributed by atoms with Gasteiger partial charge in [0.2, 0.25) is 5.91 Å². The zero-order chi connectivity index (χ0) is 19.4. The number of benzene rings is 1. The minimum Gasteiger partial charge on any atom is -0.306 e. The van der Waals surface area contributed by atoms with E-state index in [2.05, 4.69) is 26.5 Å². The van der Waals surface area contributed by atoms with Gasteiger partial charge in [-0.3, -0.25) is 4.79 Å². The molecular formula is C20H18N6O. The van der Waals surface area contributed by atoms with Gasteiger partial charge in [0, 0.05) is 17.5 Å². The standard InChI is InChI=1S/C20H18N6O/c1-13-11-14(2)23-20(22-13)26-19(17(12-21)15(3)25-26)24-18(27)10-9-16-7-5-4-6-8-16/h4-11H,1-3H3,(H,24,27). The minimum atomic E-state index is -0.374. The number of aromatic nitrogens is 4. The highest BCUT2D eigenvalue weighted by Crippen LogP contribution is 2.22. The van der Waals surface area contributed by atoms with E-state index in [0.29, 0.717) is 11.6 Å². The van der Waals surface area contributed by atoms with E-state index >= 15 is 0 Å². The number of aryl methyl sites for hydroxylation is 3. The number of nitrogens with one attached hydrogen (secondary N) is 1. The van der Waals surface area contributed by atoms with Gasteiger partial charge in [0.15, 0.2) is 5.82 Å². The van der Waals surface area contributed by atoms with Crippen LogP contribution in [0.25, 0.3) is 12.0 Å². The Morgan fingerprint density at radius 3 is 2.44 bits per heavy atom. The lowest BCUT2D eigenvalue weighted by molar-refractivity contribution is -0.111. The van der Waals surface area contributed by atoms with Crippen LogP contribution in [0, 0.1) is 32.1 Å². The maximum absolute atomic E-state index is 12.4. The monoisotopic (exact) mass is 358 g/mol. The predicted molar refractivity (Wildman–Crippen MR) is 102 cm³/mol. The third kappa shape index (κ3) is 4.07. The van der Waals surface area contributed by atoms with Gasteiger partial charge in [0.1, 0.15) is 11.6 Å². The maximum Gasteiger partial charge on any atom is 0.252 e. The quantitative estimate of drug-likeness (QED) is 0.723. The molecule has 0 aliphatic heterocycles. The summed E-state index contributed by atoms with van der Waals surface area (Å²) in [4.78, 5) is 21.1. The molecule has 1 amide bonds. The van der Waals surface area contributed by atoms with Gasteiger partial charge in [0.25, 0.3) is 5.95 Å². The molecular weight excluding hydrogens is 340 g/mol. The number of anilines is 1. The molecule has 7 nitrogen and oxygen atoms in total.